The van der Waals surface area contributed by atoms with Crippen molar-refractivity contribution in [2.24, 2.45) is 5.92 Å². The highest BCUT2D eigenvalue weighted by molar-refractivity contribution is 5.29. The normalized spacial score (nSPS) is 12.4. The summed E-state index contributed by atoms with van der Waals surface area (Å²) in [5.74, 6) is 1.57. The van der Waals surface area contributed by atoms with Gasteiger partial charge in [-0.05, 0) is 24.9 Å². The molecule has 1 unspecified atom stereocenters. The van der Waals surface area contributed by atoms with Crippen LogP contribution < -0.4 is 10.1 Å². The minimum Gasteiger partial charge on any atom is -0.493 e. The molecule has 0 aliphatic carbocycles. The summed E-state index contributed by atoms with van der Waals surface area (Å²) in [6.45, 7) is 9.10. The average molecular weight is 236 g/mol. The lowest BCUT2D eigenvalue weighted by molar-refractivity contribution is 0.249. The zero-order chi connectivity index (χ0) is 12.5. The van der Waals surface area contributed by atoms with Gasteiger partial charge in [-0.2, -0.15) is 0 Å². The molecule has 1 aromatic rings. The maximum Gasteiger partial charge on any atom is 0.126 e. The maximum absolute atomic E-state index is 5.87. The minimum atomic E-state index is 0.611. The summed E-state index contributed by atoms with van der Waals surface area (Å²) >= 11 is 0. The minimum absolute atomic E-state index is 0.611. The molecule has 3 heteroatoms. The number of rotatable bonds is 8. The summed E-state index contributed by atoms with van der Waals surface area (Å²) in [6, 6.07) is 1.95. The number of aromatic nitrogens is 1. The molecule has 17 heavy (non-hydrogen) atoms. The Hall–Kier alpha value is -1.09. The van der Waals surface area contributed by atoms with Crippen molar-refractivity contribution in [1.82, 2.24) is 10.3 Å². The summed E-state index contributed by atoms with van der Waals surface area (Å²) in [7, 11) is 0. The van der Waals surface area contributed by atoms with Crippen LogP contribution in [0.5, 0.6) is 5.75 Å². The predicted molar refractivity (Wildman–Crippen MR) is 71.2 cm³/mol. The molecule has 0 amide bonds. The highest BCUT2D eigenvalue weighted by Crippen LogP contribution is 2.18. The van der Waals surface area contributed by atoms with Crippen LogP contribution in [-0.4, -0.2) is 18.1 Å². The highest BCUT2D eigenvalue weighted by atomic mass is 16.5. The van der Waals surface area contributed by atoms with Crippen molar-refractivity contribution >= 4 is 0 Å². The molecule has 0 spiro atoms. The van der Waals surface area contributed by atoms with Crippen LogP contribution in [-0.2, 0) is 6.54 Å². The lowest BCUT2D eigenvalue weighted by Gasteiger charge is -2.14. The van der Waals surface area contributed by atoms with Crippen molar-refractivity contribution in [2.45, 2.75) is 40.2 Å². The van der Waals surface area contributed by atoms with E-state index in [0.29, 0.717) is 5.92 Å². The van der Waals surface area contributed by atoms with E-state index in [-0.39, 0.29) is 0 Å². The second kappa shape index (κ2) is 8.07. The van der Waals surface area contributed by atoms with E-state index in [1.807, 2.05) is 12.3 Å². The van der Waals surface area contributed by atoms with E-state index in [1.54, 1.807) is 6.20 Å². The molecule has 0 saturated heterocycles. The van der Waals surface area contributed by atoms with Crippen molar-refractivity contribution < 1.29 is 4.74 Å². The number of ether oxygens (including phenoxy) is 1. The second-order valence-corrected chi connectivity index (χ2v) is 4.47. The Bertz CT molecular complexity index is 315. The van der Waals surface area contributed by atoms with Crippen LogP contribution in [0, 0.1) is 5.92 Å². The van der Waals surface area contributed by atoms with E-state index in [1.165, 1.54) is 12.8 Å². The Morgan fingerprint density at radius 1 is 1.41 bits per heavy atom. The first-order chi connectivity index (χ1) is 8.27. The largest absolute Gasteiger partial charge is 0.493 e. The Morgan fingerprint density at radius 2 is 2.24 bits per heavy atom. The first kappa shape index (κ1) is 14.0. The van der Waals surface area contributed by atoms with Gasteiger partial charge in [0.1, 0.15) is 5.75 Å². The molecule has 0 aliphatic rings. The van der Waals surface area contributed by atoms with Gasteiger partial charge in [-0.15, -0.1) is 0 Å². The molecule has 1 aromatic heterocycles. The van der Waals surface area contributed by atoms with E-state index in [2.05, 4.69) is 31.1 Å². The molecule has 96 valence electrons. The van der Waals surface area contributed by atoms with Gasteiger partial charge in [0.2, 0.25) is 0 Å². The van der Waals surface area contributed by atoms with Gasteiger partial charge >= 0.3 is 0 Å². The molecule has 1 rings (SSSR count). The Kier molecular flexibility index (Phi) is 6.63. The fourth-order valence-electron chi connectivity index (χ4n) is 1.76. The van der Waals surface area contributed by atoms with Crippen molar-refractivity contribution in [1.29, 1.82) is 0 Å². The van der Waals surface area contributed by atoms with Crippen LogP contribution in [0.25, 0.3) is 0 Å². The number of pyridine rings is 1. The van der Waals surface area contributed by atoms with Gasteiger partial charge < -0.3 is 10.1 Å². The van der Waals surface area contributed by atoms with E-state index >= 15 is 0 Å². The van der Waals surface area contributed by atoms with Gasteiger partial charge in [-0.25, -0.2) is 0 Å². The molecule has 0 aliphatic heterocycles. The van der Waals surface area contributed by atoms with Crippen LogP contribution >= 0.6 is 0 Å². The zero-order valence-electron chi connectivity index (χ0n) is 11.2. The third kappa shape index (κ3) is 5.18. The molecular weight excluding hydrogens is 212 g/mol. The van der Waals surface area contributed by atoms with Gasteiger partial charge in [0.15, 0.2) is 0 Å². The summed E-state index contributed by atoms with van der Waals surface area (Å²) in [6.07, 6.45) is 6.09. The molecule has 0 aromatic carbocycles. The zero-order valence-corrected chi connectivity index (χ0v) is 11.2. The first-order valence-corrected chi connectivity index (χ1v) is 6.54. The third-order valence-corrected chi connectivity index (χ3v) is 2.73. The second-order valence-electron chi connectivity index (χ2n) is 4.47. The van der Waals surface area contributed by atoms with Gasteiger partial charge in [0, 0.05) is 24.5 Å². The number of hydrogen-bond acceptors (Lipinski definition) is 3. The summed E-state index contributed by atoms with van der Waals surface area (Å²) in [5, 5.41) is 3.30. The SMILES string of the molecule is CCCC(C)COc1ccncc1CNCC. The molecular formula is C14H24N2O. The lowest BCUT2D eigenvalue weighted by Crippen LogP contribution is -2.14. The molecule has 0 saturated carbocycles. The summed E-state index contributed by atoms with van der Waals surface area (Å²) in [5.41, 5.74) is 1.14. The molecule has 1 atom stereocenters. The lowest BCUT2D eigenvalue weighted by atomic mass is 10.1. The fourth-order valence-corrected chi connectivity index (χ4v) is 1.76. The third-order valence-electron chi connectivity index (χ3n) is 2.73. The predicted octanol–water partition coefficient (Wildman–Crippen LogP) is 3.01. The van der Waals surface area contributed by atoms with E-state index in [0.717, 1.165) is 31.0 Å². The molecule has 0 fully saturated rings. The smallest absolute Gasteiger partial charge is 0.126 e. The standard InChI is InChI=1S/C14H24N2O/c1-4-6-12(3)11-17-14-7-8-16-10-13(14)9-15-5-2/h7-8,10,12,15H,4-6,9,11H2,1-3H3. The Morgan fingerprint density at radius 3 is 2.94 bits per heavy atom. The van der Waals surface area contributed by atoms with Crippen LogP contribution in [0.3, 0.4) is 0 Å². The van der Waals surface area contributed by atoms with Crippen molar-refractivity contribution in [2.75, 3.05) is 13.2 Å². The van der Waals surface area contributed by atoms with Crippen LogP contribution in [0.15, 0.2) is 18.5 Å². The van der Waals surface area contributed by atoms with Crippen molar-refractivity contribution in [3.8, 4) is 5.75 Å². The van der Waals surface area contributed by atoms with Crippen molar-refractivity contribution in [3.05, 3.63) is 24.0 Å². The molecule has 3 nitrogen and oxygen atoms in total. The molecule has 1 N–H and O–H groups in total. The monoisotopic (exact) mass is 236 g/mol. The summed E-state index contributed by atoms with van der Waals surface area (Å²) in [4.78, 5) is 4.14. The van der Waals surface area contributed by atoms with Crippen LogP contribution in [0.1, 0.15) is 39.2 Å². The Balaban J connectivity index is 2.51. The highest BCUT2D eigenvalue weighted by Gasteiger charge is 2.06. The Labute approximate surface area is 105 Å². The van der Waals surface area contributed by atoms with E-state index in [4.69, 9.17) is 4.74 Å². The van der Waals surface area contributed by atoms with Gasteiger partial charge in [-0.3, -0.25) is 4.98 Å². The van der Waals surface area contributed by atoms with Crippen LogP contribution in [0.2, 0.25) is 0 Å². The fraction of sp³-hybridized carbons (Fsp3) is 0.643. The topological polar surface area (TPSA) is 34.1 Å². The molecule has 0 bridgehead atoms. The number of nitrogens with one attached hydrogen (secondary N) is 1. The summed E-state index contributed by atoms with van der Waals surface area (Å²) < 4.78 is 5.87. The molecule has 0 radical (unpaired) electrons. The maximum atomic E-state index is 5.87. The van der Waals surface area contributed by atoms with Crippen LogP contribution in [0.4, 0.5) is 0 Å². The number of hydrogen-bond donors (Lipinski definition) is 1. The quantitative estimate of drug-likeness (QED) is 0.753. The first-order valence-electron chi connectivity index (χ1n) is 6.54. The van der Waals surface area contributed by atoms with Crippen molar-refractivity contribution in [3.63, 3.8) is 0 Å². The molecule has 1 heterocycles. The van der Waals surface area contributed by atoms with E-state index in [9.17, 15) is 0 Å². The van der Waals surface area contributed by atoms with Gasteiger partial charge in [0.05, 0.1) is 6.61 Å². The van der Waals surface area contributed by atoms with E-state index < -0.39 is 0 Å². The van der Waals surface area contributed by atoms with Gasteiger partial charge in [-0.1, -0.05) is 27.2 Å². The van der Waals surface area contributed by atoms with Gasteiger partial charge in [0.25, 0.3) is 0 Å². The average Bonchev–Trinajstić information content (AvgIpc) is 2.35. The number of nitrogens with zero attached hydrogens (tertiary/aromatic N) is 1.